The molecule has 0 aliphatic rings. The van der Waals surface area contributed by atoms with E-state index in [0.717, 1.165) is 10.6 Å². The van der Waals surface area contributed by atoms with E-state index in [2.05, 4.69) is 28.4 Å². The molecular formula is C11H15KO4SSe2. The first-order valence-electron chi connectivity index (χ1n) is 5.37. The Morgan fingerprint density at radius 3 is 2.32 bits per heavy atom. The SMILES string of the molecule is O=S(=O)([O-])OCC[Se]CC[Se]Cc1ccccc1.[K+]. The van der Waals surface area contributed by atoms with Crippen LogP contribution in [0.4, 0.5) is 0 Å². The Morgan fingerprint density at radius 2 is 1.68 bits per heavy atom. The van der Waals surface area contributed by atoms with E-state index >= 15 is 0 Å². The molecule has 0 aromatic heterocycles. The molecule has 0 bridgehead atoms. The zero-order valence-corrected chi connectivity index (χ0v) is 18.1. The van der Waals surface area contributed by atoms with E-state index in [1.807, 2.05) is 6.07 Å². The van der Waals surface area contributed by atoms with Gasteiger partial charge in [-0.25, -0.2) is 0 Å². The summed E-state index contributed by atoms with van der Waals surface area (Å²) in [4.78, 5) is 0. The molecule has 1 aromatic rings. The second-order valence-electron chi connectivity index (χ2n) is 3.38. The van der Waals surface area contributed by atoms with Crippen molar-refractivity contribution in [3.8, 4) is 0 Å². The Balaban J connectivity index is 0.00000324. The summed E-state index contributed by atoms with van der Waals surface area (Å²) in [7, 11) is -4.49. The third-order valence-electron chi connectivity index (χ3n) is 1.94. The van der Waals surface area contributed by atoms with Crippen LogP contribution in [0.5, 0.6) is 0 Å². The van der Waals surface area contributed by atoms with Gasteiger partial charge in [-0.05, 0) is 0 Å². The minimum atomic E-state index is -4.49. The Labute approximate surface area is 170 Å². The van der Waals surface area contributed by atoms with Gasteiger partial charge in [-0.1, -0.05) is 0 Å². The molecule has 0 spiro atoms. The van der Waals surface area contributed by atoms with Gasteiger partial charge < -0.3 is 0 Å². The predicted molar refractivity (Wildman–Crippen MR) is 71.7 cm³/mol. The van der Waals surface area contributed by atoms with Gasteiger partial charge in [0.25, 0.3) is 0 Å². The van der Waals surface area contributed by atoms with Crippen molar-refractivity contribution in [1.82, 2.24) is 0 Å². The Morgan fingerprint density at radius 1 is 1.05 bits per heavy atom. The molecule has 1 aromatic carbocycles. The van der Waals surface area contributed by atoms with Crippen LogP contribution < -0.4 is 51.4 Å². The van der Waals surface area contributed by atoms with E-state index in [1.54, 1.807) is 0 Å². The van der Waals surface area contributed by atoms with Gasteiger partial charge in [-0.15, -0.1) is 0 Å². The van der Waals surface area contributed by atoms with Gasteiger partial charge in [-0.2, -0.15) is 0 Å². The molecule has 0 heterocycles. The molecule has 4 nitrogen and oxygen atoms in total. The number of hydrogen-bond acceptors (Lipinski definition) is 4. The van der Waals surface area contributed by atoms with Crippen molar-refractivity contribution in [2.24, 2.45) is 0 Å². The molecule has 0 aliphatic heterocycles. The molecule has 102 valence electrons. The topological polar surface area (TPSA) is 66.4 Å². The van der Waals surface area contributed by atoms with E-state index in [9.17, 15) is 13.0 Å². The van der Waals surface area contributed by atoms with Crippen LogP contribution >= 0.6 is 0 Å². The maximum Gasteiger partial charge on any atom is 1.00 e. The third kappa shape index (κ3) is 13.2. The molecule has 0 amide bonds. The predicted octanol–water partition coefficient (Wildman–Crippen LogP) is -1.67. The average molecular weight is 440 g/mol. The first kappa shape index (κ1) is 20.8. The molecule has 19 heavy (non-hydrogen) atoms. The molecule has 1 rings (SSSR count). The molecule has 0 radical (unpaired) electrons. The van der Waals surface area contributed by atoms with Gasteiger partial charge in [0, 0.05) is 0 Å². The van der Waals surface area contributed by atoms with Crippen molar-refractivity contribution in [3.63, 3.8) is 0 Å². The summed E-state index contributed by atoms with van der Waals surface area (Å²) in [5.74, 6) is 0. The minimum absolute atomic E-state index is 0. The summed E-state index contributed by atoms with van der Waals surface area (Å²) in [5.41, 5.74) is 1.38. The van der Waals surface area contributed by atoms with Crippen molar-refractivity contribution < 1.29 is 68.5 Å². The molecule has 0 atom stereocenters. The molecule has 0 saturated carbocycles. The van der Waals surface area contributed by atoms with Crippen molar-refractivity contribution in [1.29, 1.82) is 0 Å². The summed E-state index contributed by atoms with van der Waals surface area (Å²) >= 11 is 0.984. The minimum Gasteiger partial charge on any atom is 1.00 e. The summed E-state index contributed by atoms with van der Waals surface area (Å²) in [6, 6.07) is 10.4. The van der Waals surface area contributed by atoms with E-state index in [0.29, 0.717) is 35.2 Å². The fourth-order valence-corrected chi connectivity index (χ4v) is 6.82. The monoisotopic (exact) mass is 442 g/mol. The molecule has 0 saturated heterocycles. The summed E-state index contributed by atoms with van der Waals surface area (Å²) in [5, 5.41) is 4.17. The van der Waals surface area contributed by atoms with E-state index in [1.165, 1.54) is 10.9 Å². The normalized spacial score (nSPS) is 11.0. The second-order valence-corrected chi connectivity index (χ2v) is 9.32. The summed E-state index contributed by atoms with van der Waals surface area (Å²) < 4.78 is 34.6. The van der Waals surface area contributed by atoms with E-state index < -0.39 is 10.4 Å². The first-order chi connectivity index (χ1) is 8.58. The van der Waals surface area contributed by atoms with Crippen LogP contribution in [-0.2, 0) is 19.9 Å². The van der Waals surface area contributed by atoms with Crippen molar-refractivity contribution in [2.45, 2.75) is 21.3 Å². The standard InChI is InChI=1S/C11H16O4SSe2.K/c12-16(13,14)15-6-7-17-8-9-18-10-11-4-2-1-3-5-11;/h1-5H,6-10H2,(H,12,13,14);/q;+1/p-1. The van der Waals surface area contributed by atoms with Crippen LogP contribution in [0.1, 0.15) is 5.56 Å². The number of hydrogen-bond donors (Lipinski definition) is 0. The maximum atomic E-state index is 10.2. The fraction of sp³-hybridized carbons (Fsp3) is 0.455. The number of rotatable bonds is 9. The van der Waals surface area contributed by atoms with Gasteiger partial charge >= 0.3 is 173 Å². The quantitative estimate of drug-likeness (QED) is 0.200. The Bertz CT molecular complexity index is 428. The zero-order chi connectivity index (χ0) is 13.3. The molecule has 0 aliphatic carbocycles. The van der Waals surface area contributed by atoms with Crippen LogP contribution in [0, 0.1) is 0 Å². The average Bonchev–Trinajstić information content (AvgIpc) is 2.32. The largest absolute Gasteiger partial charge is 1.00 e. The van der Waals surface area contributed by atoms with Gasteiger partial charge in [0.2, 0.25) is 0 Å². The molecular weight excluding hydrogens is 425 g/mol. The fourth-order valence-electron chi connectivity index (χ4n) is 1.18. The molecule has 0 fully saturated rings. The van der Waals surface area contributed by atoms with Crippen LogP contribution in [-0.4, -0.2) is 49.5 Å². The third-order valence-corrected chi connectivity index (χ3v) is 7.86. The van der Waals surface area contributed by atoms with Crippen LogP contribution in [0.3, 0.4) is 0 Å². The van der Waals surface area contributed by atoms with Crippen LogP contribution in [0.25, 0.3) is 0 Å². The van der Waals surface area contributed by atoms with Gasteiger partial charge in [0.05, 0.1) is 0 Å². The van der Waals surface area contributed by atoms with Gasteiger partial charge in [0.1, 0.15) is 0 Å². The summed E-state index contributed by atoms with van der Waals surface area (Å²) in [6.45, 7) is 0.0392. The van der Waals surface area contributed by atoms with Crippen molar-refractivity contribution in [2.75, 3.05) is 6.61 Å². The first-order valence-corrected chi connectivity index (χ1v) is 11.6. The molecule has 0 N–H and O–H groups in total. The van der Waals surface area contributed by atoms with E-state index in [-0.39, 0.29) is 58.0 Å². The van der Waals surface area contributed by atoms with Crippen molar-refractivity contribution >= 4 is 40.3 Å². The second kappa shape index (κ2) is 12.3. The number of benzene rings is 1. The Kier molecular flexibility index (Phi) is 13.5. The summed E-state index contributed by atoms with van der Waals surface area (Å²) in [6.07, 6.45) is 0. The maximum absolute atomic E-state index is 10.2. The smallest absolute Gasteiger partial charge is 1.00 e. The molecule has 8 heteroatoms. The Hall–Kier alpha value is 1.77. The van der Waals surface area contributed by atoms with Crippen molar-refractivity contribution in [3.05, 3.63) is 35.9 Å². The van der Waals surface area contributed by atoms with Crippen LogP contribution in [0.15, 0.2) is 30.3 Å². The van der Waals surface area contributed by atoms with E-state index in [4.69, 9.17) is 0 Å². The zero-order valence-electron chi connectivity index (χ0n) is 10.8. The molecule has 0 unspecified atom stereocenters. The van der Waals surface area contributed by atoms with Gasteiger partial charge in [0.15, 0.2) is 0 Å². The van der Waals surface area contributed by atoms with Gasteiger partial charge in [-0.3, -0.25) is 0 Å². The van der Waals surface area contributed by atoms with Crippen LogP contribution in [0.2, 0.25) is 16.0 Å².